The van der Waals surface area contributed by atoms with Crippen molar-refractivity contribution >= 4 is 64.5 Å². The van der Waals surface area contributed by atoms with Gasteiger partial charge in [-0.1, -0.05) is 41.9 Å². The van der Waals surface area contributed by atoms with Gasteiger partial charge in [-0.3, -0.25) is 9.69 Å². The van der Waals surface area contributed by atoms with Crippen LogP contribution >= 0.6 is 23.4 Å². The van der Waals surface area contributed by atoms with Gasteiger partial charge in [0.15, 0.2) is 0 Å². The number of para-hydroxylation sites is 1. The summed E-state index contributed by atoms with van der Waals surface area (Å²) in [6, 6.07) is 14.9. The molecule has 2 aromatic rings. The molecule has 2 aromatic carbocycles. The second kappa shape index (κ2) is 19.6. The Balaban J connectivity index is 0.000000325. The number of aliphatic carboxylic acids is 4. The third kappa shape index (κ3) is 12.8. The average Bonchev–Trinajstić information content (AvgIpc) is 3.52. The van der Waals surface area contributed by atoms with Crippen molar-refractivity contribution in [3.05, 3.63) is 71.8 Å². The van der Waals surface area contributed by atoms with Crippen molar-refractivity contribution in [1.82, 2.24) is 0 Å². The topological polar surface area (TPSA) is 184 Å². The quantitative estimate of drug-likeness (QED) is 0.185. The smallest absolute Gasteiger partial charge is 0.328 e. The fourth-order valence-corrected chi connectivity index (χ4v) is 7.17. The van der Waals surface area contributed by atoms with Crippen molar-refractivity contribution in [2.75, 3.05) is 37.6 Å². The van der Waals surface area contributed by atoms with E-state index in [1.165, 1.54) is 58.4 Å². The van der Waals surface area contributed by atoms with Crippen LogP contribution in [0.5, 0.6) is 0 Å². The third-order valence-electron chi connectivity index (χ3n) is 8.09. The zero-order valence-electron chi connectivity index (χ0n) is 26.4. The van der Waals surface area contributed by atoms with E-state index in [0.717, 1.165) is 40.0 Å². The lowest BCUT2D eigenvalue weighted by molar-refractivity contribution is -1.02. The number of piperazine rings is 1. The highest BCUT2D eigenvalue weighted by Gasteiger charge is 2.36. The van der Waals surface area contributed by atoms with E-state index in [0.29, 0.717) is 35.7 Å². The number of hydrogen-bond acceptors (Lipinski definition) is 8. The highest BCUT2D eigenvalue weighted by atomic mass is 35.5. The van der Waals surface area contributed by atoms with Crippen molar-refractivity contribution in [3.8, 4) is 0 Å². The van der Waals surface area contributed by atoms with Crippen LogP contribution in [0.2, 0.25) is 5.02 Å². The van der Waals surface area contributed by atoms with Gasteiger partial charge in [-0.05, 0) is 61.7 Å². The molecule has 0 aliphatic carbocycles. The first-order valence-corrected chi connectivity index (χ1v) is 17.0. The van der Waals surface area contributed by atoms with E-state index < -0.39 is 23.9 Å². The standard InChI is InChI=1S/C26H32ClN3OS.2C4H4O4/c27-20-12-13-25-23(18-20)30(22-9-4-5-10-24(22)32-25)26(31)11-3-1-2-6-14-28-16-17-29-15-7-8-21(29)19-28;2*5-3(6)1-2-4(7)8/h4-5,9-10,12-13,18,21H,1-3,6-8,11,14-17,19H2;2*1-2H,(H,5,6)(H,7,8)/b;2*2-1-. The molecule has 3 aliphatic rings. The number of benzene rings is 2. The molecule has 1 amide bonds. The van der Waals surface area contributed by atoms with E-state index >= 15 is 0 Å². The zero-order chi connectivity index (χ0) is 35.1. The molecule has 2 fully saturated rings. The molecule has 0 radical (unpaired) electrons. The Morgan fingerprint density at radius 2 is 1.48 bits per heavy atom. The maximum absolute atomic E-state index is 13.3. The molecule has 0 saturated carbocycles. The van der Waals surface area contributed by atoms with E-state index in [4.69, 9.17) is 21.8 Å². The number of carbonyl (C=O) groups excluding carboxylic acids is 3. The Morgan fingerprint density at radius 3 is 2.12 bits per heavy atom. The normalized spacial score (nSPS) is 19.2. The summed E-state index contributed by atoms with van der Waals surface area (Å²) in [4.78, 5) is 59.0. The molecule has 3 atom stereocenters. The van der Waals surface area contributed by atoms with Gasteiger partial charge in [-0.2, -0.15) is 0 Å². The Morgan fingerprint density at radius 1 is 0.833 bits per heavy atom. The van der Waals surface area contributed by atoms with Gasteiger partial charge in [0, 0.05) is 46.2 Å². The van der Waals surface area contributed by atoms with E-state index in [2.05, 4.69) is 6.07 Å². The van der Waals surface area contributed by atoms with Gasteiger partial charge in [0.05, 0.1) is 36.4 Å². The van der Waals surface area contributed by atoms with Crippen LogP contribution < -0.4 is 24.9 Å². The molecular formula is C34H40ClN3O9S. The van der Waals surface area contributed by atoms with E-state index in [1.807, 2.05) is 51.1 Å². The Labute approximate surface area is 288 Å². The number of halogens is 1. The average molecular weight is 702 g/mol. The first-order valence-electron chi connectivity index (χ1n) is 15.8. The van der Waals surface area contributed by atoms with Crippen LogP contribution in [0.3, 0.4) is 0 Å². The van der Waals surface area contributed by atoms with Crippen LogP contribution in [0, 0.1) is 0 Å². The molecule has 3 unspecified atom stereocenters. The summed E-state index contributed by atoms with van der Waals surface area (Å²) in [7, 11) is 0. The zero-order valence-corrected chi connectivity index (χ0v) is 28.0. The minimum absolute atomic E-state index is 0.173. The van der Waals surface area contributed by atoms with Gasteiger partial charge in [0.25, 0.3) is 0 Å². The molecule has 0 aromatic heterocycles. The van der Waals surface area contributed by atoms with Gasteiger partial charge >= 0.3 is 11.9 Å². The predicted octanol–water partition coefficient (Wildman–Crippen LogP) is 0.120. The van der Waals surface area contributed by atoms with Crippen LogP contribution in [0.1, 0.15) is 44.9 Å². The first kappa shape index (κ1) is 38.3. The number of anilines is 2. The van der Waals surface area contributed by atoms with Crippen LogP contribution in [-0.4, -0.2) is 78.8 Å². The first-order chi connectivity index (χ1) is 22.9. The van der Waals surface area contributed by atoms with Gasteiger partial charge in [0.1, 0.15) is 25.7 Å². The van der Waals surface area contributed by atoms with Crippen molar-refractivity contribution in [2.45, 2.75) is 60.8 Å². The molecule has 12 nitrogen and oxygen atoms in total. The Hall–Kier alpha value is -4.17. The summed E-state index contributed by atoms with van der Waals surface area (Å²) in [6.07, 6.45) is 9.94. The molecule has 0 bridgehead atoms. The van der Waals surface area contributed by atoms with Crippen molar-refractivity contribution in [1.29, 1.82) is 0 Å². The molecule has 0 spiro atoms. The van der Waals surface area contributed by atoms with Gasteiger partial charge in [-0.25, -0.2) is 9.59 Å². The van der Waals surface area contributed by atoms with Crippen LogP contribution in [0.25, 0.3) is 0 Å². The number of carbonyl (C=O) groups is 5. The third-order valence-corrected chi connectivity index (χ3v) is 9.46. The SMILES string of the molecule is O=C(CCCCCC[NH+]1CC[NH+]2CCCC2C1)N1c2ccccc2Sc2ccc(Cl)cc21.O=C([O-])/C=C\C(=O)O.O=C([O-])/C=C\C(=O)O. The fraction of sp³-hybridized carbons (Fsp3) is 0.382. The lowest BCUT2D eigenvalue weighted by Gasteiger charge is -2.32. The number of rotatable bonds is 11. The summed E-state index contributed by atoms with van der Waals surface area (Å²) < 4.78 is 0. The molecule has 48 heavy (non-hydrogen) atoms. The highest BCUT2D eigenvalue weighted by molar-refractivity contribution is 7.99. The largest absolute Gasteiger partial charge is 0.545 e. The van der Waals surface area contributed by atoms with Crippen molar-refractivity contribution < 1.29 is 54.2 Å². The molecule has 3 aliphatic heterocycles. The predicted molar refractivity (Wildman–Crippen MR) is 175 cm³/mol. The molecule has 2 saturated heterocycles. The number of hydrogen-bond donors (Lipinski definition) is 4. The number of unbranched alkanes of at least 4 members (excludes halogenated alkanes) is 3. The van der Waals surface area contributed by atoms with E-state index in [-0.39, 0.29) is 5.91 Å². The van der Waals surface area contributed by atoms with E-state index in [9.17, 15) is 34.2 Å². The lowest BCUT2D eigenvalue weighted by Crippen LogP contribution is -3.29. The van der Waals surface area contributed by atoms with Crippen molar-refractivity contribution in [3.63, 3.8) is 0 Å². The number of fused-ring (bicyclic) bond motifs is 3. The number of nitrogens with one attached hydrogen (secondary N) is 2. The number of amides is 1. The van der Waals surface area contributed by atoms with E-state index in [1.54, 1.807) is 11.8 Å². The number of nitrogens with zero attached hydrogens (tertiary/aromatic N) is 1. The maximum Gasteiger partial charge on any atom is 0.328 e. The van der Waals surface area contributed by atoms with Crippen LogP contribution in [0.4, 0.5) is 11.4 Å². The summed E-state index contributed by atoms with van der Waals surface area (Å²) in [5.41, 5.74) is 1.90. The van der Waals surface area contributed by atoms with Gasteiger partial charge < -0.3 is 39.8 Å². The Bertz CT molecular complexity index is 1450. The maximum atomic E-state index is 13.3. The minimum Gasteiger partial charge on any atom is -0.545 e. The monoisotopic (exact) mass is 701 g/mol. The molecule has 258 valence electrons. The van der Waals surface area contributed by atoms with Crippen LogP contribution in [-0.2, 0) is 24.0 Å². The number of carboxylic acid groups (broad SMARTS) is 4. The molecular weight excluding hydrogens is 662 g/mol. The summed E-state index contributed by atoms with van der Waals surface area (Å²) in [6.45, 7) is 6.81. The lowest BCUT2D eigenvalue weighted by atomic mass is 10.1. The van der Waals surface area contributed by atoms with Gasteiger partial charge in [0.2, 0.25) is 5.91 Å². The molecule has 3 heterocycles. The number of carboxylic acids is 4. The van der Waals surface area contributed by atoms with Crippen LogP contribution in [0.15, 0.2) is 76.6 Å². The highest BCUT2D eigenvalue weighted by Crippen LogP contribution is 2.49. The summed E-state index contributed by atoms with van der Waals surface area (Å²) in [5.74, 6) is -5.43. The van der Waals surface area contributed by atoms with Crippen molar-refractivity contribution in [2.24, 2.45) is 0 Å². The number of quaternary nitrogens is 2. The molecule has 14 heteroatoms. The van der Waals surface area contributed by atoms with Gasteiger partial charge in [-0.15, -0.1) is 0 Å². The molecule has 4 N–H and O–H groups in total. The second-order valence-electron chi connectivity index (χ2n) is 11.5. The summed E-state index contributed by atoms with van der Waals surface area (Å²) >= 11 is 7.99. The Kier molecular flexibility index (Phi) is 15.6. The summed E-state index contributed by atoms with van der Waals surface area (Å²) in [5, 5.41) is 35.1. The second-order valence-corrected chi connectivity index (χ2v) is 13.0. The fourth-order valence-electron chi connectivity index (χ4n) is 5.97. The minimum atomic E-state index is -1.51. The molecule has 5 rings (SSSR count).